The summed E-state index contributed by atoms with van der Waals surface area (Å²) in [5, 5.41) is 6.33. The average Bonchev–Trinajstić information content (AvgIpc) is 2.38. The van der Waals surface area contributed by atoms with Gasteiger partial charge < -0.3 is 10.6 Å². The number of carbonyl (C=O) groups excluding carboxylic acids is 1. The van der Waals surface area contributed by atoms with E-state index in [1.54, 1.807) is 0 Å². The maximum absolute atomic E-state index is 11.9. The van der Waals surface area contributed by atoms with E-state index >= 15 is 0 Å². The van der Waals surface area contributed by atoms with Gasteiger partial charge in [0.05, 0.1) is 0 Å². The lowest BCUT2D eigenvalue weighted by Gasteiger charge is -2.30. The van der Waals surface area contributed by atoms with Crippen molar-refractivity contribution in [3.8, 4) is 0 Å². The van der Waals surface area contributed by atoms with Crippen molar-refractivity contribution in [2.24, 2.45) is 5.92 Å². The molecule has 1 aromatic carbocycles. The van der Waals surface area contributed by atoms with Crippen molar-refractivity contribution < 1.29 is 4.79 Å². The maximum Gasteiger partial charge on any atom is 0.251 e. The van der Waals surface area contributed by atoms with Gasteiger partial charge in [0.15, 0.2) is 0 Å². The molecule has 0 bridgehead atoms. The van der Waals surface area contributed by atoms with Gasteiger partial charge in [0.2, 0.25) is 0 Å². The van der Waals surface area contributed by atoms with E-state index in [0.29, 0.717) is 6.04 Å². The number of carbonyl (C=O) groups is 1. The molecule has 2 N–H and O–H groups in total. The van der Waals surface area contributed by atoms with Crippen LogP contribution in [0.25, 0.3) is 0 Å². The van der Waals surface area contributed by atoms with Crippen LogP contribution in [0.15, 0.2) is 18.2 Å². The third-order valence-electron chi connectivity index (χ3n) is 4.60. The van der Waals surface area contributed by atoms with Crippen LogP contribution in [0, 0.1) is 5.92 Å². The van der Waals surface area contributed by atoms with Gasteiger partial charge in [0, 0.05) is 18.2 Å². The quantitative estimate of drug-likeness (QED) is 0.871. The highest BCUT2D eigenvalue weighted by molar-refractivity contribution is 5.96. The number of hydrogen-bond donors (Lipinski definition) is 2. The first-order valence-corrected chi connectivity index (χ1v) is 7.36. The minimum atomic E-state index is 0.0848. The van der Waals surface area contributed by atoms with E-state index in [2.05, 4.69) is 28.8 Å². The summed E-state index contributed by atoms with van der Waals surface area (Å²) in [6.45, 7) is 0.767. The Morgan fingerprint density at radius 2 is 2.26 bits per heavy atom. The normalized spacial score (nSPS) is 20.4. The number of nitrogens with one attached hydrogen (secondary N) is 2. The Kier molecular flexibility index (Phi) is 3.56. The fraction of sp³-hybridized carbons (Fsp3) is 0.562. The van der Waals surface area contributed by atoms with E-state index in [1.165, 1.54) is 36.8 Å². The van der Waals surface area contributed by atoms with Crippen molar-refractivity contribution in [1.29, 1.82) is 0 Å². The Labute approximate surface area is 114 Å². The Morgan fingerprint density at radius 1 is 1.42 bits per heavy atom. The highest BCUT2D eigenvalue weighted by Crippen LogP contribution is 2.35. The molecule has 1 saturated carbocycles. The molecule has 2 aliphatic rings. The lowest BCUT2D eigenvalue weighted by Crippen LogP contribution is -2.32. The van der Waals surface area contributed by atoms with Crippen molar-refractivity contribution in [3.63, 3.8) is 0 Å². The average molecular weight is 258 g/mol. The van der Waals surface area contributed by atoms with Crippen molar-refractivity contribution in [1.82, 2.24) is 10.6 Å². The fourth-order valence-electron chi connectivity index (χ4n) is 3.13. The van der Waals surface area contributed by atoms with E-state index in [9.17, 15) is 4.79 Å². The van der Waals surface area contributed by atoms with Crippen molar-refractivity contribution in [3.05, 3.63) is 34.9 Å². The zero-order valence-electron chi connectivity index (χ0n) is 11.5. The van der Waals surface area contributed by atoms with Crippen LogP contribution >= 0.6 is 0 Å². The second-order valence-electron chi connectivity index (χ2n) is 5.80. The largest absolute Gasteiger partial charge is 0.352 e. The third kappa shape index (κ3) is 2.52. The molecule has 3 rings (SSSR count). The zero-order valence-corrected chi connectivity index (χ0v) is 11.5. The molecule has 1 heterocycles. The van der Waals surface area contributed by atoms with E-state index in [-0.39, 0.29) is 5.91 Å². The topological polar surface area (TPSA) is 41.1 Å². The third-order valence-corrected chi connectivity index (χ3v) is 4.60. The first-order chi connectivity index (χ1) is 9.28. The minimum Gasteiger partial charge on any atom is -0.352 e. The number of hydrogen-bond acceptors (Lipinski definition) is 2. The first kappa shape index (κ1) is 12.7. The van der Waals surface area contributed by atoms with E-state index in [0.717, 1.165) is 24.4 Å². The molecular weight excluding hydrogens is 236 g/mol. The summed E-state index contributed by atoms with van der Waals surface area (Å²) < 4.78 is 0. The van der Waals surface area contributed by atoms with Crippen LogP contribution in [0.1, 0.15) is 53.2 Å². The Hall–Kier alpha value is -1.35. The van der Waals surface area contributed by atoms with Gasteiger partial charge in [0.25, 0.3) is 5.91 Å². The molecule has 1 aromatic rings. The standard InChI is InChI=1S/C16H22N2O/c1-17-15(9-11-3-2-4-11)13-6-5-12-7-8-18-16(19)14(12)10-13/h5-6,10-11,15,17H,2-4,7-9H2,1H3,(H,18,19). The van der Waals surface area contributed by atoms with Crippen molar-refractivity contribution in [2.45, 2.75) is 38.1 Å². The molecule has 0 radical (unpaired) electrons. The second kappa shape index (κ2) is 5.33. The predicted molar refractivity (Wildman–Crippen MR) is 76.2 cm³/mol. The van der Waals surface area contributed by atoms with Crippen LogP contribution in [-0.4, -0.2) is 19.5 Å². The summed E-state index contributed by atoms with van der Waals surface area (Å²) in [5.74, 6) is 0.948. The lowest BCUT2D eigenvalue weighted by molar-refractivity contribution is 0.0946. The van der Waals surface area contributed by atoms with Crippen LogP contribution in [-0.2, 0) is 6.42 Å². The molecule has 0 aromatic heterocycles. The SMILES string of the molecule is CNC(CC1CCC1)c1ccc2c(c1)C(=O)NCC2. The van der Waals surface area contributed by atoms with Crippen LogP contribution in [0.2, 0.25) is 0 Å². The molecule has 1 aliphatic heterocycles. The van der Waals surface area contributed by atoms with Crippen molar-refractivity contribution >= 4 is 5.91 Å². The summed E-state index contributed by atoms with van der Waals surface area (Å²) >= 11 is 0. The predicted octanol–water partition coefficient (Wildman–Crippen LogP) is 2.42. The van der Waals surface area contributed by atoms with Gasteiger partial charge in [-0.25, -0.2) is 0 Å². The van der Waals surface area contributed by atoms with E-state index in [1.807, 2.05) is 7.05 Å². The lowest BCUT2D eigenvalue weighted by atomic mass is 9.79. The van der Waals surface area contributed by atoms with Crippen LogP contribution in [0.4, 0.5) is 0 Å². The van der Waals surface area contributed by atoms with Crippen LogP contribution < -0.4 is 10.6 Å². The zero-order chi connectivity index (χ0) is 13.2. The van der Waals surface area contributed by atoms with Gasteiger partial charge in [0.1, 0.15) is 0 Å². The van der Waals surface area contributed by atoms with Gasteiger partial charge in [-0.15, -0.1) is 0 Å². The summed E-state index contributed by atoms with van der Waals surface area (Å²) in [6, 6.07) is 6.79. The molecule has 1 unspecified atom stereocenters. The first-order valence-electron chi connectivity index (χ1n) is 7.36. The van der Waals surface area contributed by atoms with Gasteiger partial charge >= 0.3 is 0 Å². The summed E-state index contributed by atoms with van der Waals surface area (Å²) in [7, 11) is 2.02. The second-order valence-corrected chi connectivity index (χ2v) is 5.80. The number of fused-ring (bicyclic) bond motifs is 1. The summed E-state index contributed by atoms with van der Waals surface area (Å²) in [5.41, 5.74) is 3.31. The van der Waals surface area contributed by atoms with Gasteiger partial charge in [-0.2, -0.15) is 0 Å². The molecule has 0 spiro atoms. The molecule has 1 atom stereocenters. The smallest absolute Gasteiger partial charge is 0.251 e. The number of benzene rings is 1. The minimum absolute atomic E-state index is 0.0848. The Bertz CT molecular complexity index is 480. The molecular formula is C16H22N2O. The Morgan fingerprint density at radius 3 is 2.95 bits per heavy atom. The molecule has 102 valence electrons. The van der Waals surface area contributed by atoms with Gasteiger partial charge in [-0.3, -0.25) is 4.79 Å². The van der Waals surface area contributed by atoms with Crippen LogP contribution in [0.3, 0.4) is 0 Å². The monoisotopic (exact) mass is 258 g/mol. The number of rotatable bonds is 4. The molecule has 19 heavy (non-hydrogen) atoms. The van der Waals surface area contributed by atoms with Crippen LogP contribution in [0.5, 0.6) is 0 Å². The highest BCUT2D eigenvalue weighted by atomic mass is 16.1. The Balaban J connectivity index is 1.82. The molecule has 3 heteroatoms. The van der Waals surface area contributed by atoms with E-state index < -0.39 is 0 Å². The highest BCUT2D eigenvalue weighted by Gasteiger charge is 2.24. The maximum atomic E-state index is 11.9. The number of amides is 1. The molecule has 1 amide bonds. The molecule has 1 fully saturated rings. The molecule has 1 aliphatic carbocycles. The van der Waals surface area contributed by atoms with Gasteiger partial charge in [-0.05, 0) is 43.0 Å². The summed E-state index contributed by atoms with van der Waals surface area (Å²) in [6.07, 6.45) is 6.26. The fourth-order valence-corrected chi connectivity index (χ4v) is 3.13. The molecule has 0 saturated heterocycles. The van der Waals surface area contributed by atoms with E-state index in [4.69, 9.17) is 0 Å². The summed E-state index contributed by atoms with van der Waals surface area (Å²) in [4.78, 5) is 11.9. The van der Waals surface area contributed by atoms with Gasteiger partial charge in [-0.1, -0.05) is 31.4 Å². The molecule has 3 nitrogen and oxygen atoms in total. The van der Waals surface area contributed by atoms with Crippen molar-refractivity contribution in [2.75, 3.05) is 13.6 Å².